The van der Waals surface area contributed by atoms with Crippen molar-refractivity contribution in [2.45, 2.75) is 88.7 Å². The largest absolute Gasteiger partial charge is 0.495 e. The SMILES string of the molecule is COc1cc2cc(c1Cl)N(C)C(=O)CC(OC(=O)C(C)N(C)C(=O)CNC(=O)CNC(=O)CNC(=O)CON)C1(C)OC1C(C)C1CC(O)(NC(=O)O1)C(OC)/C=C/C=C(\C)C2. The molecule has 1 aromatic rings. The molecule has 4 bridgehead atoms. The maximum Gasteiger partial charge on any atom is 0.409 e. The molecule has 62 heavy (non-hydrogen) atoms. The summed E-state index contributed by atoms with van der Waals surface area (Å²) in [6.45, 7) is 4.67. The lowest BCUT2D eigenvalue weighted by Gasteiger charge is -2.42. The van der Waals surface area contributed by atoms with Gasteiger partial charge in [-0.05, 0) is 44.9 Å². The second-order valence-corrected chi connectivity index (χ2v) is 15.9. The fourth-order valence-electron chi connectivity index (χ4n) is 7.13. The molecular weight excluding hydrogens is 838 g/mol. The molecule has 3 aliphatic heterocycles. The molecule has 0 spiro atoms. The number of alkyl carbamates (subject to hydrolysis) is 1. The van der Waals surface area contributed by atoms with Crippen LogP contribution in [0.25, 0.3) is 0 Å². The maximum absolute atomic E-state index is 14.2. The van der Waals surface area contributed by atoms with Gasteiger partial charge >= 0.3 is 12.1 Å². The number of amides is 6. The third-order valence-corrected chi connectivity index (χ3v) is 11.4. The number of nitrogens with one attached hydrogen (secondary N) is 4. The van der Waals surface area contributed by atoms with E-state index >= 15 is 0 Å². The van der Waals surface area contributed by atoms with Crippen molar-refractivity contribution in [3.05, 3.63) is 46.5 Å². The van der Waals surface area contributed by atoms with Crippen molar-refractivity contribution >= 4 is 58.9 Å². The predicted molar refractivity (Wildman–Crippen MR) is 220 cm³/mol. The summed E-state index contributed by atoms with van der Waals surface area (Å²) in [6.07, 6.45) is 0.156. The number of hydrogen-bond donors (Lipinski definition) is 6. The Morgan fingerprint density at radius 3 is 2.37 bits per heavy atom. The molecule has 3 aliphatic rings. The van der Waals surface area contributed by atoms with E-state index in [1.165, 1.54) is 40.1 Å². The number of allylic oxidation sites excluding steroid dienone is 3. The lowest BCUT2D eigenvalue weighted by Crippen LogP contribution is -2.63. The van der Waals surface area contributed by atoms with E-state index in [4.69, 9.17) is 41.2 Å². The number of hydrogen-bond acceptors (Lipinski definition) is 15. The van der Waals surface area contributed by atoms with E-state index in [2.05, 4.69) is 26.1 Å². The first-order chi connectivity index (χ1) is 29.2. The van der Waals surface area contributed by atoms with Crippen LogP contribution < -0.4 is 36.8 Å². The Kier molecular flexibility index (Phi) is 16.8. The zero-order valence-corrected chi connectivity index (χ0v) is 36.7. The van der Waals surface area contributed by atoms with E-state index < -0.39 is 122 Å². The van der Waals surface area contributed by atoms with Crippen LogP contribution in [0, 0.1) is 5.92 Å². The van der Waals surface area contributed by atoms with E-state index in [9.17, 15) is 38.7 Å². The van der Waals surface area contributed by atoms with Crippen LogP contribution in [-0.2, 0) is 59.0 Å². The summed E-state index contributed by atoms with van der Waals surface area (Å²) in [5, 5.41) is 21.3. The molecule has 2 fully saturated rings. The second-order valence-electron chi connectivity index (χ2n) is 15.5. The molecule has 3 heterocycles. The number of esters is 1. The number of anilines is 1. The molecule has 8 unspecified atom stereocenters. The van der Waals surface area contributed by atoms with E-state index in [1.54, 1.807) is 38.1 Å². The lowest BCUT2D eigenvalue weighted by atomic mass is 9.83. The van der Waals surface area contributed by atoms with Gasteiger partial charge in [0.05, 0.1) is 45.0 Å². The van der Waals surface area contributed by atoms with Crippen LogP contribution in [0.4, 0.5) is 10.5 Å². The third kappa shape index (κ3) is 12.2. The Morgan fingerprint density at radius 1 is 1.10 bits per heavy atom. The van der Waals surface area contributed by atoms with Crippen molar-refractivity contribution in [3.63, 3.8) is 0 Å². The number of epoxide rings is 1. The highest BCUT2D eigenvalue weighted by atomic mass is 35.5. The predicted octanol–water partition coefficient (Wildman–Crippen LogP) is -0.247. The van der Waals surface area contributed by atoms with E-state index in [1.807, 2.05) is 13.0 Å². The summed E-state index contributed by atoms with van der Waals surface area (Å²) in [6, 6.07) is 2.25. The molecule has 2 saturated heterocycles. The number of halogens is 1. The summed E-state index contributed by atoms with van der Waals surface area (Å²) in [7, 11) is 5.67. The molecule has 0 radical (unpaired) electrons. The van der Waals surface area contributed by atoms with Gasteiger partial charge in [0, 0.05) is 33.5 Å². The number of nitrogens with zero attached hydrogens (tertiary/aromatic N) is 2. The minimum atomic E-state index is -1.89. The average molecular weight is 894 g/mol. The number of methoxy groups -OCH3 is 2. The van der Waals surface area contributed by atoms with Crippen LogP contribution in [0.5, 0.6) is 5.75 Å². The molecule has 6 amide bonds. The normalized spacial score (nSPS) is 28.0. The summed E-state index contributed by atoms with van der Waals surface area (Å²) >= 11 is 6.75. The number of nitrogens with two attached hydrogens (primary N) is 1. The Labute approximate surface area is 363 Å². The standard InChI is InChI=1S/C40H56ClN7O14/c1-21-10-9-11-28(58-8)40(56)16-27(60-38(55)46-40)22(2)36-39(4,62-36)29(15-33(52)48(6)25-13-24(12-21)14-26(57-7)35(25)41)61-37(54)23(3)47(5)34(53)19-45-31(50)17-43-30(49)18-44-32(51)20-59-42/h9-11,13-14,22-23,27-29,36,56H,12,15-20,42H2,1-8H3,(H,43,49)(H,44,51)(H,45,50)(H,46,55)/b11-9+,21-10+. The average Bonchev–Trinajstić information content (AvgIpc) is 3.93. The van der Waals surface area contributed by atoms with Crippen LogP contribution in [-0.4, -0.2) is 148 Å². The molecule has 0 aliphatic carbocycles. The van der Waals surface area contributed by atoms with Gasteiger partial charge in [-0.15, -0.1) is 0 Å². The van der Waals surface area contributed by atoms with Gasteiger partial charge in [-0.3, -0.25) is 34.1 Å². The highest BCUT2D eigenvalue weighted by Crippen LogP contribution is 2.49. The Balaban J connectivity index is 1.57. The number of aliphatic hydroxyl groups is 1. The lowest BCUT2D eigenvalue weighted by molar-refractivity contribution is -0.161. The molecule has 21 nitrogen and oxygen atoms in total. The van der Waals surface area contributed by atoms with Gasteiger partial charge in [0.25, 0.3) is 0 Å². The van der Waals surface area contributed by atoms with Crippen LogP contribution >= 0.6 is 11.6 Å². The first-order valence-corrected chi connectivity index (χ1v) is 20.0. The summed E-state index contributed by atoms with van der Waals surface area (Å²) in [5.74, 6) is 0.294. The van der Waals surface area contributed by atoms with Crippen molar-refractivity contribution in [2.75, 3.05) is 59.5 Å². The molecule has 0 aromatic heterocycles. The topological polar surface area (TPSA) is 279 Å². The fourth-order valence-corrected chi connectivity index (χ4v) is 7.44. The van der Waals surface area contributed by atoms with Crippen molar-refractivity contribution in [3.8, 4) is 5.75 Å². The number of ether oxygens (including phenoxy) is 5. The van der Waals surface area contributed by atoms with E-state index in [0.29, 0.717) is 17.9 Å². The maximum atomic E-state index is 14.2. The van der Waals surface area contributed by atoms with E-state index in [-0.39, 0.29) is 11.4 Å². The summed E-state index contributed by atoms with van der Waals surface area (Å²) in [5.41, 5.74) is -1.27. The molecule has 8 atom stereocenters. The van der Waals surface area contributed by atoms with Gasteiger partial charge in [0.1, 0.15) is 47.3 Å². The number of likely N-dealkylation sites (N-methyl/N-ethyl adjacent to an activating group) is 1. The quantitative estimate of drug-likeness (QED) is 0.0847. The van der Waals surface area contributed by atoms with Crippen molar-refractivity contribution in [2.24, 2.45) is 11.8 Å². The molecule has 1 aromatic carbocycles. The minimum absolute atomic E-state index is 0.117. The van der Waals surface area contributed by atoms with Gasteiger partial charge in [-0.2, -0.15) is 0 Å². The summed E-state index contributed by atoms with van der Waals surface area (Å²) < 4.78 is 29.1. The van der Waals surface area contributed by atoms with Crippen molar-refractivity contribution in [1.82, 2.24) is 26.2 Å². The third-order valence-electron chi connectivity index (χ3n) is 11.1. The number of rotatable bonds is 13. The van der Waals surface area contributed by atoms with Gasteiger partial charge in [-0.1, -0.05) is 42.3 Å². The zero-order chi connectivity index (χ0) is 46.1. The molecule has 342 valence electrons. The number of carbonyl (C=O) groups is 7. The summed E-state index contributed by atoms with van der Waals surface area (Å²) in [4.78, 5) is 96.3. The highest BCUT2D eigenvalue weighted by Gasteiger charge is 2.64. The van der Waals surface area contributed by atoms with Crippen molar-refractivity contribution < 1.29 is 67.2 Å². The molecular formula is C40H56ClN7O14. The molecule has 22 heteroatoms. The Morgan fingerprint density at radius 2 is 1.74 bits per heavy atom. The Hall–Kier alpha value is -5.32. The van der Waals surface area contributed by atoms with Crippen LogP contribution in [0.2, 0.25) is 5.02 Å². The molecule has 0 saturated carbocycles. The first kappa shape index (κ1) is 49.3. The second kappa shape index (κ2) is 21.2. The van der Waals surface area contributed by atoms with Gasteiger partial charge in [-0.25, -0.2) is 15.5 Å². The fraction of sp³-hybridized carbons (Fsp3) is 0.575. The first-order valence-electron chi connectivity index (χ1n) is 19.6. The van der Waals surface area contributed by atoms with Crippen LogP contribution in [0.3, 0.4) is 0 Å². The van der Waals surface area contributed by atoms with Gasteiger partial charge in [0.2, 0.25) is 29.5 Å². The number of fused-ring (bicyclic) bond motifs is 5. The molecule has 7 N–H and O–H groups in total. The minimum Gasteiger partial charge on any atom is -0.495 e. The van der Waals surface area contributed by atoms with Gasteiger partial charge < -0.3 is 54.5 Å². The monoisotopic (exact) mass is 893 g/mol. The number of benzene rings is 1. The molecule has 4 rings (SSSR count). The highest BCUT2D eigenvalue weighted by molar-refractivity contribution is 6.35. The van der Waals surface area contributed by atoms with Gasteiger partial charge in [0.15, 0.2) is 5.72 Å². The smallest absolute Gasteiger partial charge is 0.409 e. The van der Waals surface area contributed by atoms with Crippen LogP contribution in [0.1, 0.15) is 46.1 Å². The van der Waals surface area contributed by atoms with Crippen molar-refractivity contribution in [1.29, 1.82) is 0 Å². The number of carbonyl (C=O) groups excluding carboxylic acids is 7. The zero-order valence-electron chi connectivity index (χ0n) is 35.9. The van der Waals surface area contributed by atoms with E-state index in [0.717, 1.165) is 16.0 Å². The van der Waals surface area contributed by atoms with Crippen LogP contribution in [0.15, 0.2) is 35.9 Å². The Bertz CT molecular complexity index is 1950.